The maximum atomic E-state index is 12.4. The lowest BCUT2D eigenvalue weighted by Crippen LogP contribution is -2.08. The third-order valence-electron chi connectivity index (χ3n) is 1.82. The van der Waals surface area contributed by atoms with Gasteiger partial charge >= 0.3 is 0 Å². The van der Waals surface area contributed by atoms with Crippen LogP contribution in [-0.4, -0.2) is 4.98 Å². The van der Waals surface area contributed by atoms with E-state index in [-0.39, 0.29) is 17.9 Å². The monoisotopic (exact) mass is 187 g/mol. The first-order chi connectivity index (χ1) is 6.06. The SMILES string of the molecule is Cc1nc(N)cc(C(F)F)c1CN. The number of aromatic nitrogens is 1. The molecule has 72 valence electrons. The highest BCUT2D eigenvalue weighted by atomic mass is 19.3. The van der Waals surface area contributed by atoms with E-state index in [1.807, 2.05) is 0 Å². The fraction of sp³-hybridized carbons (Fsp3) is 0.375. The largest absolute Gasteiger partial charge is 0.384 e. The highest BCUT2D eigenvalue weighted by Crippen LogP contribution is 2.25. The van der Waals surface area contributed by atoms with E-state index >= 15 is 0 Å². The average molecular weight is 187 g/mol. The lowest BCUT2D eigenvalue weighted by molar-refractivity contribution is 0.150. The molecule has 0 aliphatic rings. The van der Waals surface area contributed by atoms with Crippen molar-refractivity contribution in [2.24, 2.45) is 5.73 Å². The minimum Gasteiger partial charge on any atom is -0.384 e. The van der Waals surface area contributed by atoms with Crippen LogP contribution >= 0.6 is 0 Å². The Morgan fingerprint density at radius 1 is 1.54 bits per heavy atom. The second-order valence-electron chi connectivity index (χ2n) is 2.71. The van der Waals surface area contributed by atoms with Crippen LogP contribution in [0, 0.1) is 6.92 Å². The van der Waals surface area contributed by atoms with Gasteiger partial charge < -0.3 is 11.5 Å². The Bertz CT molecular complexity index is 313. The minimum atomic E-state index is -2.55. The molecule has 1 rings (SSSR count). The first kappa shape index (κ1) is 9.85. The summed E-state index contributed by atoms with van der Waals surface area (Å²) in [5.74, 6) is 0.102. The zero-order valence-corrected chi connectivity index (χ0v) is 7.22. The van der Waals surface area contributed by atoms with Crippen molar-refractivity contribution < 1.29 is 8.78 Å². The Morgan fingerprint density at radius 2 is 2.15 bits per heavy atom. The normalized spacial score (nSPS) is 10.8. The lowest BCUT2D eigenvalue weighted by atomic mass is 10.1. The van der Waals surface area contributed by atoms with Gasteiger partial charge in [-0.2, -0.15) is 0 Å². The summed E-state index contributed by atoms with van der Waals surface area (Å²) in [7, 11) is 0. The van der Waals surface area contributed by atoms with Crippen molar-refractivity contribution in [3.05, 3.63) is 22.9 Å². The molecule has 1 heterocycles. The van der Waals surface area contributed by atoms with Crippen molar-refractivity contribution in [3.63, 3.8) is 0 Å². The molecule has 5 heteroatoms. The molecule has 3 nitrogen and oxygen atoms in total. The number of rotatable bonds is 2. The van der Waals surface area contributed by atoms with Crippen molar-refractivity contribution in [3.8, 4) is 0 Å². The van der Waals surface area contributed by atoms with E-state index in [0.29, 0.717) is 11.3 Å². The molecule has 0 amide bonds. The van der Waals surface area contributed by atoms with Gasteiger partial charge in [-0.15, -0.1) is 0 Å². The molecule has 0 aliphatic carbocycles. The van der Waals surface area contributed by atoms with Crippen molar-refractivity contribution >= 4 is 5.82 Å². The summed E-state index contributed by atoms with van der Waals surface area (Å²) in [4.78, 5) is 3.85. The summed E-state index contributed by atoms with van der Waals surface area (Å²) >= 11 is 0. The maximum Gasteiger partial charge on any atom is 0.264 e. The molecule has 0 saturated carbocycles. The van der Waals surface area contributed by atoms with E-state index in [4.69, 9.17) is 11.5 Å². The molecular weight excluding hydrogens is 176 g/mol. The predicted octanol–water partition coefficient (Wildman–Crippen LogP) is 1.37. The molecule has 0 aromatic carbocycles. The summed E-state index contributed by atoms with van der Waals surface area (Å²) in [6, 6.07) is 1.17. The van der Waals surface area contributed by atoms with E-state index in [1.54, 1.807) is 6.92 Å². The van der Waals surface area contributed by atoms with Crippen LogP contribution in [-0.2, 0) is 6.54 Å². The fourth-order valence-corrected chi connectivity index (χ4v) is 1.21. The molecule has 0 fully saturated rings. The zero-order chi connectivity index (χ0) is 10.0. The Labute approximate surface area is 74.8 Å². The molecule has 4 N–H and O–H groups in total. The Morgan fingerprint density at radius 3 is 2.62 bits per heavy atom. The number of anilines is 1. The van der Waals surface area contributed by atoms with Crippen molar-refractivity contribution in [1.82, 2.24) is 4.98 Å². The van der Waals surface area contributed by atoms with Gasteiger partial charge in [0.2, 0.25) is 0 Å². The molecule has 0 bridgehead atoms. The van der Waals surface area contributed by atoms with Crippen molar-refractivity contribution in [2.75, 3.05) is 5.73 Å². The van der Waals surface area contributed by atoms with Gasteiger partial charge in [0.1, 0.15) is 5.82 Å². The molecular formula is C8H11F2N3. The predicted molar refractivity (Wildman–Crippen MR) is 46.2 cm³/mol. The Balaban J connectivity index is 3.29. The quantitative estimate of drug-likeness (QED) is 0.734. The van der Waals surface area contributed by atoms with Crippen LogP contribution in [0.15, 0.2) is 6.07 Å². The van der Waals surface area contributed by atoms with Crippen LogP contribution in [0.4, 0.5) is 14.6 Å². The van der Waals surface area contributed by atoms with Crippen LogP contribution in [0.5, 0.6) is 0 Å². The number of nitrogens with zero attached hydrogens (tertiary/aromatic N) is 1. The van der Waals surface area contributed by atoms with E-state index in [1.165, 1.54) is 6.07 Å². The van der Waals surface area contributed by atoms with Crippen LogP contribution in [0.3, 0.4) is 0 Å². The number of nitrogens with two attached hydrogens (primary N) is 2. The minimum absolute atomic E-state index is 0.0544. The second kappa shape index (κ2) is 3.66. The van der Waals surface area contributed by atoms with Crippen LogP contribution < -0.4 is 11.5 Å². The van der Waals surface area contributed by atoms with Crippen LogP contribution in [0.2, 0.25) is 0 Å². The molecule has 13 heavy (non-hydrogen) atoms. The maximum absolute atomic E-state index is 12.4. The summed E-state index contributed by atoms with van der Waals surface area (Å²) < 4.78 is 24.9. The average Bonchev–Trinajstić information content (AvgIpc) is 2.02. The summed E-state index contributed by atoms with van der Waals surface area (Å²) in [5, 5.41) is 0. The smallest absolute Gasteiger partial charge is 0.264 e. The van der Waals surface area contributed by atoms with Gasteiger partial charge in [0.05, 0.1) is 0 Å². The highest BCUT2D eigenvalue weighted by molar-refractivity contribution is 5.41. The van der Waals surface area contributed by atoms with Gasteiger partial charge in [-0.25, -0.2) is 13.8 Å². The highest BCUT2D eigenvalue weighted by Gasteiger charge is 2.15. The van der Waals surface area contributed by atoms with Crippen molar-refractivity contribution in [2.45, 2.75) is 19.9 Å². The molecule has 0 aliphatic heterocycles. The van der Waals surface area contributed by atoms with E-state index < -0.39 is 6.43 Å². The molecule has 1 aromatic rings. The summed E-state index contributed by atoms with van der Waals surface area (Å²) in [6.45, 7) is 1.67. The summed E-state index contributed by atoms with van der Waals surface area (Å²) in [6.07, 6.45) is -2.55. The number of aryl methyl sites for hydroxylation is 1. The first-order valence-corrected chi connectivity index (χ1v) is 3.80. The number of halogens is 2. The molecule has 0 saturated heterocycles. The first-order valence-electron chi connectivity index (χ1n) is 3.80. The van der Waals surface area contributed by atoms with Gasteiger partial charge in [-0.1, -0.05) is 0 Å². The summed E-state index contributed by atoms with van der Waals surface area (Å²) in [5.41, 5.74) is 11.4. The fourth-order valence-electron chi connectivity index (χ4n) is 1.21. The van der Waals surface area contributed by atoms with E-state index in [0.717, 1.165) is 0 Å². The second-order valence-corrected chi connectivity index (χ2v) is 2.71. The van der Waals surface area contributed by atoms with Crippen LogP contribution in [0.25, 0.3) is 0 Å². The lowest BCUT2D eigenvalue weighted by Gasteiger charge is -2.10. The topological polar surface area (TPSA) is 64.9 Å². The molecule has 0 atom stereocenters. The molecule has 0 spiro atoms. The van der Waals surface area contributed by atoms with E-state index in [9.17, 15) is 8.78 Å². The van der Waals surface area contributed by atoms with Gasteiger partial charge in [0.15, 0.2) is 0 Å². The third kappa shape index (κ3) is 1.92. The Kier molecular flexibility index (Phi) is 2.77. The van der Waals surface area contributed by atoms with Crippen molar-refractivity contribution in [1.29, 1.82) is 0 Å². The van der Waals surface area contributed by atoms with Gasteiger partial charge in [-0.3, -0.25) is 0 Å². The molecule has 0 radical (unpaired) electrons. The number of hydrogen-bond donors (Lipinski definition) is 2. The standard InChI is InChI=1S/C8H11F2N3/c1-4-6(3-11)5(8(9)10)2-7(12)13-4/h2,8H,3,11H2,1H3,(H2,12,13). The molecule has 0 unspecified atom stereocenters. The number of pyridine rings is 1. The van der Waals surface area contributed by atoms with Crippen LogP contribution in [0.1, 0.15) is 23.2 Å². The van der Waals surface area contributed by atoms with Gasteiger partial charge in [-0.05, 0) is 18.6 Å². The number of nitrogen functional groups attached to an aromatic ring is 1. The zero-order valence-electron chi connectivity index (χ0n) is 7.22. The number of alkyl halides is 2. The molecule has 1 aromatic heterocycles. The number of hydrogen-bond acceptors (Lipinski definition) is 3. The van der Waals surface area contributed by atoms with Gasteiger partial charge in [0.25, 0.3) is 6.43 Å². The van der Waals surface area contributed by atoms with E-state index in [2.05, 4.69) is 4.98 Å². The van der Waals surface area contributed by atoms with Gasteiger partial charge in [0, 0.05) is 17.8 Å². The Hall–Kier alpha value is -1.23. The third-order valence-corrected chi connectivity index (χ3v) is 1.82.